The second-order valence-corrected chi connectivity index (χ2v) is 7.69. The van der Waals surface area contributed by atoms with E-state index in [2.05, 4.69) is 4.98 Å². The molecule has 0 atom stereocenters. The van der Waals surface area contributed by atoms with E-state index in [1.165, 1.54) is 0 Å². The predicted molar refractivity (Wildman–Crippen MR) is 101 cm³/mol. The third-order valence-corrected chi connectivity index (χ3v) is 4.96. The van der Waals surface area contributed by atoms with Crippen molar-refractivity contribution in [1.29, 1.82) is 0 Å². The first kappa shape index (κ1) is 19.4. The molecule has 0 radical (unpaired) electrons. The number of ether oxygens (including phenoxy) is 1. The number of hydrogen-bond donors (Lipinski definition) is 0. The lowest BCUT2D eigenvalue weighted by Crippen LogP contribution is -2.44. The highest BCUT2D eigenvalue weighted by molar-refractivity contribution is 7.18. The van der Waals surface area contributed by atoms with Crippen LogP contribution in [0.4, 0.5) is 0 Å². The molecule has 0 spiro atoms. The lowest BCUT2D eigenvalue weighted by Gasteiger charge is -2.30. The number of amides is 1. The topological polar surface area (TPSA) is 59.5 Å². The third kappa shape index (κ3) is 5.53. The van der Waals surface area contributed by atoms with Crippen LogP contribution in [0.2, 0.25) is 0 Å². The molecule has 1 aromatic heterocycles. The number of carbonyl (C=O) groups is 2. The molecule has 6 heteroatoms. The summed E-state index contributed by atoms with van der Waals surface area (Å²) in [5.74, 6) is -0.480. The Morgan fingerprint density at radius 2 is 1.84 bits per heavy atom. The van der Waals surface area contributed by atoms with Crippen LogP contribution in [0.5, 0.6) is 0 Å². The maximum Gasteiger partial charge on any atom is 0.306 e. The number of aryl methyl sites for hydroxylation is 1. The second-order valence-electron chi connectivity index (χ2n) is 6.58. The minimum Gasteiger partial charge on any atom is -0.456 e. The van der Waals surface area contributed by atoms with E-state index in [1.807, 2.05) is 52.0 Å². The van der Waals surface area contributed by atoms with E-state index in [1.54, 1.807) is 16.2 Å². The van der Waals surface area contributed by atoms with Crippen molar-refractivity contribution in [3.05, 3.63) is 29.3 Å². The van der Waals surface area contributed by atoms with E-state index in [-0.39, 0.29) is 30.6 Å². The molecule has 0 aliphatic carbocycles. The van der Waals surface area contributed by atoms with Crippen molar-refractivity contribution in [2.45, 2.75) is 59.0 Å². The summed E-state index contributed by atoms with van der Waals surface area (Å²) in [5.41, 5.74) is 0.998. The fourth-order valence-corrected chi connectivity index (χ4v) is 3.88. The quantitative estimate of drug-likeness (QED) is 0.670. The van der Waals surface area contributed by atoms with Crippen molar-refractivity contribution in [3.8, 4) is 0 Å². The lowest BCUT2D eigenvalue weighted by atomic mass is 10.2. The first-order valence-electron chi connectivity index (χ1n) is 8.69. The number of nitrogens with zero attached hydrogens (tertiary/aromatic N) is 2. The van der Waals surface area contributed by atoms with E-state index < -0.39 is 0 Å². The van der Waals surface area contributed by atoms with E-state index in [0.29, 0.717) is 12.8 Å². The standard InChI is InChI=1S/C19H26N2O3S/c1-13(2)21(14(3)4)18(22)12-24-19(23)11-7-10-17-20-15-8-5-6-9-16(15)25-17/h5-6,8-9,13-14H,7,10-12H2,1-4H3. The van der Waals surface area contributed by atoms with Crippen molar-refractivity contribution in [2.75, 3.05) is 6.61 Å². The van der Waals surface area contributed by atoms with Gasteiger partial charge in [-0.1, -0.05) is 12.1 Å². The van der Waals surface area contributed by atoms with Crippen molar-refractivity contribution >= 4 is 33.4 Å². The van der Waals surface area contributed by atoms with Gasteiger partial charge in [0.15, 0.2) is 6.61 Å². The Morgan fingerprint density at radius 3 is 2.48 bits per heavy atom. The molecule has 1 heterocycles. The fraction of sp³-hybridized carbons (Fsp3) is 0.526. The second kappa shape index (κ2) is 8.94. The Bertz CT molecular complexity index is 683. The monoisotopic (exact) mass is 362 g/mol. The molecule has 2 rings (SSSR count). The number of rotatable bonds is 8. The van der Waals surface area contributed by atoms with Crippen LogP contribution in [0.15, 0.2) is 24.3 Å². The molecular weight excluding hydrogens is 336 g/mol. The number of thiazole rings is 1. The number of aromatic nitrogens is 1. The molecular formula is C19H26N2O3S. The molecule has 2 aromatic rings. The van der Waals surface area contributed by atoms with Crippen LogP contribution >= 0.6 is 11.3 Å². The highest BCUT2D eigenvalue weighted by atomic mass is 32.1. The minimum absolute atomic E-state index is 0.0882. The van der Waals surface area contributed by atoms with Crippen molar-refractivity contribution in [2.24, 2.45) is 0 Å². The number of esters is 1. The van der Waals surface area contributed by atoms with Gasteiger partial charge in [0.1, 0.15) is 0 Å². The molecule has 0 aliphatic heterocycles. The molecule has 1 aromatic carbocycles. The van der Waals surface area contributed by atoms with Gasteiger partial charge in [-0.15, -0.1) is 11.3 Å². The smallest absolute Gasteiger partial charge is 0.306 e. The van der Waals surface area contributed by atoms with E-state index in [4.69, 9.17) is 4.74 Å². The highest BCUT2D eigenvalue weighted by Crippen LogP contribution is 2.22. The van der Waals surface area contributed by atoms with Gasteiger partial charge in [-0.3, -0.25) is 9.59 Å². The predicted octanol–water partition coefficient (Wildman–Crippen LogP) is 3.81. The van der Waals surface area contributed by atoms with Crippen LogP contribution in [0.25, 0.3) is 10.2 Å². The molecule has 5 nitrogen and oxygen atoms in total. The largest absolute Gasteiger partial charge is 0.456 e. The Kier molecular flexibility index (Phi) is 6.93. The molecule has 136 valence electrons. The average Bonchev–Trinajstić information content (AvgIpc) is 2.95. The first-order chi connectivity index (χ1) is 11.9. The molecule has 1 amide bonds. The highest BCUT2D eigenvalue weighted by Gasteiger charge is 2.21. The van der Waals surface area contributed by atoms with E-state index >= 15 is 0 Å². The van der Waals surface area contributed by atoms with Gasteiger partial charge in [-0.05, 0) is 52.7 Å². The van der Waals surface area contributed by atoms with Gasteiger partial charge in [0, 0.05) is 18.5 Å². The fourth-order valence-electron chi connectivity index (χ4n) is 2.87. The van der Waals surface area contributed by atoms with Crippen LogP contribution in [-0.2, 0) is 20.7 Å². The molecule has 0 fully saturated rings. The van der Waals surface area contributed by atoms with Gasteiger partial charge < -0.3 is 9.64 Å². The summed E-state index contributed by atoms with van der Waals surface area (Å²) in [6.07, 6.45) is 1.71. The van der Waals surface area contributed by atoms with Gasteiger partial charge in [0.2, 0.25) is 0 Å². The number of hydrogen-bond acceptors (Lipinski definition) is 5. The zero-order valence-corrected chi connectivity index (χ0v) is 16.1. The number of benzene rings is 1. The Labute approximate surface area is 153 Å². The summed E-state index contributed by atoms with van der Waals surface area (Å²) in [5, 5.41) is 1.02. The van der Waals surface area contributed by atoms with Gasteiger partial charge >= 0.3 is 5.97 Å². The summed E-state index contributed by atoms with van der Waals surface area (Å²) in [6, 6.07) is 8.18. The molecule has 0 bridgehead atoms. The Balaban J connectivity index is 1.74. The summed E-state index contributed by atoms with van der Waals surface area (Å²) in [4.78, 5) is 30.3. The summed E-state index contributed by atoms with van der Waals surface area (Å²) < 4.78 is 6.30. The van der Waals surface area contributed by atoms with Gasteiger partial charge in [0.25, 0.3) is 5.91 Å². The summed E-state index contributed by atoms with van der Waals surface area (Å²) >= 11 is 1.65. The summed E-state index contributed by atoms with van der Waals surface area (Å²) in [7, 11) is 0. The van der Waals surface area contributed by atoms with Crippen molar-refractivity contribution in [3.63, 3.8) is 0 Å². The minimum atomic E-state index is -0.332. The third-order valence-electron chi connectivity index (χ3n) is 3.87. The zero-order chi connectivity index (χ0) is 18.4. The van der Waals surface area contributed by atoms with Crippen LogP contribution < -0.4 is 0 Å². The van der Waals surface area contributed by atoms with Crippen LogP contribution in [0, 0.1) is 0 Å². The van der Waals surface area contributed by atoms with Crippen molar-refractivity contribution < 1.29 is 14.3 Å². The van der Waals surface area contributed by atoms with E-state index in [0.717, 1.165) is 21.6 Å². The summed E-state index contributed by atoms with van der Waals surface area (Å²) in [6.45, 7) is 7.64. The zero-order valence-electron chi connectivity index (χ0n) is 15.3. The molecule has 0 N–H and O–H groups in total. The molecule has 0 aliphatic rings. The number of para-hydroxylation sites is 1. The van der Waals surface area contributed by atoms with Gasteiger partial charge in [-0.2, -0.15) is 0 Å². The molecule has 0 saturated heterocycles. The average molecular weight is 362 g/mol. The molecule has 0 unspecified atom stereocenters. The lowest BCUT2D eigenvalue weighted by molar-refractivity contribution is -0.153. The van der Waals surface area contributed by atoms with Crippen LogP contribution in [0.1, 0.15) is 45.5 Å². The van der Waals surface area contributed by atoms with Gasteiger partial charge in [-0.25, -0.2) is 4.98 Å². The Morgan fingerprint density at radius 1 is 1.16 bits per heavy atom. The van der Waals surface area contributed by atoms with Gasteiger partial charge in [0.05, 0.1) is 15.2 Å². The maximum absolute atomic E-state index is 12.2. The van der Waals surface area contributed by atoms with E-state index in [9.17, 15) is 9.59 Å². The Hall–Kier alpha value is -1.95. The van der Waals surface area contributed by atoms with Crippen LogP contribution in [0.3, 0.4) is 0 Å². The number of fused-ring (bicyclic) bond motifs is 1. The SMILES string of the molecule is CC(C)N(C(=O)COC(=O)CCCc1nc2ccccc2s1)C(C)C. The van der Waals surface area contributed by atoms with Crippen molar-refractivity contribution in [1.82, 2.24) is 9.88 Å². The first-order valence-corrected chi connectivity index (χ1v) is 9.51. The van der Waals surface area contributed by atoms with Crippen LogP contribution in [-0.4, -0.2) is 40.5 Å². The maximum atomic E-state index is 12.2. The molecule has 0 saturated carbocycles. The number of carbonyl (C=O) groups excluding carboxylic acids is 2. The normalized spacial score (nSPS) is 11.3. The molecule has 25 heavy (non-hydrogen) atoms.